The van der Waals surface area contributed by atoms with Crippen molar-refractivity contribution < 1.29 is 0 Å². The largest absolute Gasteiger partial charge is 0.321 e. The van der Waals surface area contributed by atoms with Crippen molar-refractivity contribution in [2.45, 2.75) is 0 Å². The molecule has 2 aromatic heterocycles. The minimum Gasteiger partial charge on any atom is -0.321 e. The number of para-hydroxylation sites is 1. The number of fused-ring (bicyclic) bond motifs is 1. The van der Waals surface area contributed by atoms with Crippen LogP contribution in [-0.4, -0.2) is 20.4 Å². The molecular formula is C17H12ClN5. The van der Waals surface area contributed by atoms with E-state index in [1.54, 1.807) is 6.20 Å². The second-order valence-electron chi connectivity index (χ2n) is 5.05. The van der Waals surface area contributed by atoms with Gasteiger partial charge in [-0.3, -0.25) is 5.10 Å². The van der Waals surface area contributed by atoms with Crippen LogP contribution in [0.5, 0.6) is 0 Å². The van der Waals surface area contributed by atoms with Crippen LogP contribution in [0.25, 0.3) is 22.0 Å². The first-order chi connectivity index (χ1) is 11.3. The Balaban J connectivity index is 1.71. The topological polar surface area (TPSA) is 66.5 Å². The zero-order valence-electron chi connectivity index (χ0n) is 12.0. The summed E-state index contributed by atoms with van der Waals surface area (Å²) in [4.78, 5) is 0. The molecule has 0 radical (unpaired) electrons. The summed E-state index contributed by atoms with van der Waals surface area (Å²) in [6.45, 7) is 0. The number of halogens is 1. The number of aromatic nitrogens is 4. The van der Waals surface area contributed by atoms with Gasteiger partial charge in [0, 0.05) is 21.5 Å². The summed E-state index contributed by atoms with van der Waals surface area (Å²) in [5, 5.41) is 20.3. The number of benzene rings is 2. The zero-order chi connectivity index (χ0) is 15.6. The molecule has 0 saturated carbocycles. The highest BCUT2D eigenvalue weighted by molar-refractivity contribution is 6.33. The number of hydrogen-bond acceptors (Lipinski definition) is 4. The van der Waals surface area contributed by atoms with Crippen LogP contribution < -0.4 is 5.32 Å². The minimum atomic E-state index is 0.611. The van der Waals surface area contributed by atoms with E-state index in [0.717, 1.165) is 22.0 Å². The Kier molecular flexibility index (Phi) is 3.40. The number of hydrogen-bond donors (Lipinski definition) is 2. The van der Waals surface area contributed by atoms with Gasteiger partial charge in [0.1, 0.15) is 0 Å². The summed E-state index contributed by atoms with van der Waals surface area (Å²) in [5.41, 5.74) is 2.78. The number of nitrogens with zero attached hydrogens (tertiary/aromatic N) is 3. The summed E-state index contributed by atoms with van der Waals surface area (Å²) < 4.78 is 0. The third-order valence-corrected chi connectivity index (χ3v) is 3.89. The average Bonchev–Trinajstić information content (AvgIpc) is 2.99. The zero-order valence-corrected chi connectivity index (χ0v) is 12.7. The highest BCUT2D eigenvalue weighted by Crippen LogP contribution is 2.29. The van der Waals surface area contributed by atoms with Gasteiger partial charge in [-0.1, -0.05) is 41.9 Å². The molecule has 4 aromatic rings. The second-order valence-corrected chi connectivity index (χ2v) is 5.46. The third-order valence-electron chi connectivity index (χ3n) is 3.56. The van der Waals surface area contributed by atoms with Gasteiger partial charge in [-0.15, -0.1) is 5.10 Å². The molecule has 4 rings (SSSR count). The van der Waals surface area contributed by atoms with Gasteiger partial charge in [0.05, 0.1) is 11.7 Å². The molecule has 6 heteroatoms. The van der Waals surface area contributed by atoms with Gasteiger partial charge in [-0.2, -0.15) is 10.2 Å². The Morgan fingerprint density at radius 2 is 1.83 bits per heavy atom. The standard InChI is InChI=1S/C17H12ClN5/c18-14-7-3-1-5-12(14)11-9-16(22-19-10-11)20-17-13-6-2-4-8-15(13)21-23-17/h1-10H,(H2,20,21,22,23). The molecule has 0 bridgehead atoms. The van der Waals surface area contributed by atoms with Crippen LogP contribution in [0.3, 0.4) is 0 Å². The van der Waals surface area contributed by atoms with E-state index in [2.05, 4.69) is 25.7 Å². The number of nitrogens with one attached hydrogen (secondary N) is 2. The van der Waals surface area contributed by atoms with Crippen LogP contribution in [0.2, 0.25) is 5.02 Å². The second kappa shape index (κ2) is 5.70. The molecule has 0 spiro atoms. The quantitative estimate of drug-likeness (QED) is 0.586. The number of H-pyrrole nitrogens is 1. The summed E-state index contributed by atoms with van der Waals surface area (Å²) in [6, 6.07) is 17.4. The van der Waals surface area contributed by atoms with Gasteiger partial charge in [-0.05, 0) is 24.3 Å². The van der Waals surface area contributed by atoms with E-state index in [0.29, 0.717) is 16.7 Å². The average molecular weight is 322 g/mol. The molecule has 23 heavy (non-hydrogen) atoms. The molecule has 0 aliphatic carbocycles. The molecule has 2 aromatic carbocycles. The predicted molar refractivity (Wildman–Crippen MR) is 91.9 cm³/mol. The van der Waals surface area contributed by atoms with Crippen molar-refractivity contribution in [3.63, 3.8) is 0 Å². The van der Waals surface area contributed by atoms with Crippen molar-refractivity contribution in [2.75, 3.05) is 5.32 Å². The van der Waals surface area contributed by atoms with Crippen molar-refractivity contribution in [3.8, 4) is 11.1 Å². The lowest BCUT2D eigenvalue weighted by atomic mass is 10.1. The first-order valence-electron chi connectivity index (χ1n) is 7.09. The fraction of sp³-hybridized carbons (Fsp3) is 0. The Morgan fingerprint density at radius 3 is 2.74 bits per heavy atom. The fourth-order valence-corrected chi connectivity index (χ4v) is 2.70. The van der Waals surface area contributed by atoms with Crippen LogP contribution in [0, 0.1) is 0 Å². The first kappa shape index (κ1) is 13.7. The lowest BCUT2D eigenvalue weighted by Gasteiger charge is -2.06. The lowest BCUT2D eigenvalue weighted by Crippen LogP contribution is -1.96. The van der Waals surface area contributed by atoms with E-state index in [-0.39, 0.29) is 0 Å². The Labute approximate surface area is 137 Å². The fourth-order valence-electron chi connectivity index (χ4n) is 2.45. The highest BCUT2D eigenvalue weighted by atomic mass is 35.5. The van der Waals surface area contributed by atoms with E-state index in [1.165, 1.54) is 0 Å². The Hall–Kier alpha value is -2.92. The Bertz CT molecular complexity index is 979. The lowest BCUT2D eigenvalue weighted by molar-refractivity contribution is 1.03. The molecular weight excluding hydrogens is 310 g/mol. The number of rotatable bonds is 3. The minimum absolute atomic E-state index is 0.611. The van der Waals surface area contributed by atoms with Gasteiger partial charge >= 0.3 is 0 Å². The first-order valence-corrected chi connectivity index (χ1v) is 7.47. The van der Waals surface area contributed by atoms with E-state index in [1.807, 2.05) is 54.6 Å². The van der Waals surface area contributed by atoms with E-state index < -0.39 is 0 Å². The van der Waals surface area contributed by atoms with Crippen molar-refractivity contribution in [2.24, 2.45) is 0 Å². The summed E-state index contributed by atoms with van der Waals surface area (Å²) in [6.07, 6.45) is 1.69. The Morgan fingerprint density at radius 1 is 1.00 bits per heavy atom. The molecule has 0 unspecified atom stereocenters. The third kappa shape index (κ3) is 2.62. The van der Waals surface area contributed by atoms with Crippen LogP contribution in [0.15, 0.2) is 60.8 Å². The van der Waals surface area contributed by atoms with E-state index >= 15 is 0 Å². The molecule has 112 valence electrons. The smallest absolute Gasteiger partial charge is 0.161 e. The maximum atomic E-state index is 6.25. The molecule has 0 aliphatic heterocycles. The maximum Gasteiger partial charge on any atom is 0.161 e. The molecule has 0 atom stereocenters. The summed E-state index contributed by atoms with van der Waals surface area (Å²) >= 11 is 6.25. The van der Waals surface area contributed by atoms with Gasteiger partial charge in [0.25, 0.3) is 0 Å². The van der Waals surface area contributed by atoms with Gasteiger partial charge in [0.2, 0.25) is 0 Å². The monoisotopic (exact) mass is 321 g/mol. The van der Waals surface area contributed by atoms with E-state index in [9.17, 15) is 0 Å². The molecule has 0 saturated heterocycles. The predicted octanol–water partition coefficient (Wildman–Crippen LogP) is 4.42. The summed E-state index contributed by atoms with van der Waals surface area (Å²) in [7, 11) is 0. The SMILES string of the molecule is Clc1ccccc1-c1cnnc(Nc2n[nH]c3ccccc23)c1. The van der Waals surface area contributed by atoms with Crippen molar-refractivity contribution in [3.05, 3.63) is 65.8 Å². The van der Waals surface area contributed by atoms with Crippen LogP contribution in [-0.2, 0) is 0 Å². The molecule has 0 aliphatic rings. The maximum absolute atomic E-state index is 6.25. The highest BCUT2D eigenvalue weighted by Gasteiger charge is 2.08. The number of aromatic amines is 1. The van der Waals surface area contributed by atoms with Crippen LogP contribution >= 0.6 is 11.6 Å². The molecule has 0 amide bonds. The van der Waals surface area contributed by atoms with Crippen molar-refractivity contribution >= 4 is 34.1 Å². The van der Waals surface area contributed by atoms with Gasteiger partial charge < -0.3 is 5.32 Å². The van der Waals surface area contributed by atoms with E-state index in [4.69, 9.17) is 11.6 Å². The molecule has 5 nitrogen and oxygen atoms in total. The molecule has 2 N–H and O–H groups in total. The van der Waals surface area contributed by atoms with Crippen molar-refractivity contribution in [1.82, 2.24) is 20.4 Å². The van der Waals surface area contributed by atoms with Crippen LogP contribution in [0.1, 0.15) is 0 Å². The van der Waals surface area contributed by atoms with Crippen molar-refractivity contribution in [1.29, 1.82) is 0 Å². The normalized spacial score (nSPS) is 10.8. The van der Waals surface area contributed by atoms with Crippen LogP contribution in [0.4, 0.5) is 11.6 Å². The molecule has 0 fully saturated rings. The summed E-state index contributed by atoms with van der Waals surface area (Å²) in [5.74, 6) is 1.32. The van der Waals surface area contributed by atoms with Gasteiger partial charge in [0.15, 0.2) is 11.6 Å². The van der Waals surface area contributed by atoms with Gasteiger partial charge in [-0.25, -0.2) is 0 Å². The number of anilines is 2. The molecule has 2 heterocycles.